The van der Waals surface area contributed by atoms with Crippen LogP contribution in [0.25, 0.3) is 0 Å². The lowest BCUT2D eigenvalue weighted by Crippen LogP contribution is -2.34. The summed E-state index contributed by atoms with van der Waals surface area (Å²) in [5, 5.41) is 4.51. The first-order valence-corrected chi connectivity index (χ1v) is 10.4. The molecule has 118 valence electrons. The SMILES string of the molecule is CCCNC(c1cccc(CC(C)C)c1)C1CSCCS1. The Morgan fingerprint density at radius 1 is 1.29 bits per heavy atom. The molecule has 1 saturated heterocycles. The summed E-state index contributed by atoms with van der Waals surface area (Å²) < 4.78 is 0. The Bertz CT molecular complexity index is 413. The van der Waals surface area contributed by atoms with Crippen LogP contribution >= 0.6 is 23.5 Å². The first-order valence-electron chi connectivity index (χ1n) is 8.22. The van der Waals surface area contributed by atoms with E-state index in [0.29, 0.717) is 11.3 Å². The molecule has 3 heteroatoms. The molecule has 1 nitrogen and oxygen atoms in total. The van der Waals surface area contributed by atoms with Crippen molar-refractivity contribution in [2.24, 2.45) is 5.92 Å². The van der Waals surface area contributed by atoms with Gasteiger partial charge in [0.05, 0.1) is 0 Å². The molecule has 0 bridgehead atoms. The second-order valence-corrected chi connectivity index (χ2v) is 8.76. The normalized spacial score (nSPS) is 20.7. The van der Waals surface area contributed by atoms with Crippen LogP contribution in [0.15, 0.2) is 24.3 Å². The summed E-state index contributed by atoms with van der Waals surface area (Å²) in [4.78, 5) is 0. The highest BCUT2D eigenvalue weighted by Crippen LogP contribution is 2.34. The molecule has 1 aliphatic heterocycles. The molecule has 0 saturated carbocycles. The van der Waals surface area contributed by atoms with Gasteiger partial charge in [0.25, 0.3) is 0 Å². The second kappa shape index (κ2) is 9.12. The van der Waals surface area contributed by atoms with Gasteiger partial charge < -0.3 is 5.32 Å². The van der Waals surface area contributed by atoms with E-state index in [1.165, 1.54) is 41.2 Å². The van der Waals surface area contributed by atoms with Gasteiger partial charge in [0.15, 0.2) is 0 Å². The zero-order chi connectivity index (χ0) is 15.1. The summed E-state index contributed by atoms with van der Waals surface area (Å²) in [6, 6.07) is 9.79. The molecule has 2 rings (SSSR count). The Balaban J connectivity index is 2.14. The highest BCUT2D eigenvalue weighted by Gasteiger charge is 2.25. The van der Waals surface area contributed by atoms with Crippen molar-refractivity contribution < 1.29 is 0 Å². The number of hydrogen-bond donors (Lipinski definition) is 1. The Morgan fingerprint density at radius 3 is 2.81 bits per heavy atom. The van der Waals surface area contributed by atoms with E-state index < -0.39 is 0 Å². The van der Waals surface area contributed by atoms with E-state index in [0.717, 1.165) is 12.5 Å². The Kier molecular flexibility index (Phi) is 7.48. The van der Waals surface area contributed by atoms with Gasteiger partial charge in [-0.25, -0.2) is 0 Å². The van der Waals surface area contributed by atoms with Gasteiger partial charge in [0.1, 0.15) is 0 Å². The molecule has 1 aromatic rings. The third kappa shape index (κ3) is 5.54. The Labute approximate surface area is 139 Å². The fourth-order valence-corrected chi connectivity index (χ4v) is 5.72. The third-order valence-corrected chi connectivity index (χ3v) is 6.65. The maximum Gasteiger partial charge on any atom is 0.0448 e. The van der Waals surface area contributed by atoms with E-state index in [-0.39, 0.29) is 0 Å². The molecule has 0 aliphatic carbocycles. The van der Waals surface area contributed by atoms with Gasteiger partial charge in [-0.3, -0.25) is 0 Å². The van der Waals surface area contributed by atoms with Gasteiger partial charge in [-0.1, -0.05) is 45.0 Å². The molecule has 2 unspecified atom stereocenters. The standard InChI is InChI=1S/C18H29NS2/c1-4-8-19-18(17-13-20-9-10-21-17)16-7-5-6-15(12-16)11-14(2)3/h5-7,12,14,17-19H,4,8-11,13H2,1-3H3. The summed E-state index contributed by atoms with van der Waals surface area (Å²) in [6.07, 6.45) is 2.38. The maximum atomic E-state index is 3.80. The number of benzene rings is 1. The molecule has 1 heterocycles. The fraction of sp³-hybridized carbons (Fsp3) is 0.667. The zero-order valence-corrected chi connectivity index (χ0v) is 15.2. The van der Waals surface area contributed by atoms with Gasteiger partial charge in [0, 0.05) is 28.6 Å². The predicted molar refractivity (Wildman–Crippen MR) is 99.6 cm³/mol. The number of thioether (sulfide) groups is 2. The van der Waals surface area contributed by atoms with Gasteiger partial charge in [-0.15, -0.1) is 0 Å². The summed E-state index contributed by atoms with van der Waals surface area (Å²) >= 11 is 4.27. The lowest BCUT2D eigenvalue weighted by Gasteiger charge is -2.31. The summed E-state index contributed by atoms with van der Waals surface area (Å²) in [5.74, 6) is 4.61. The summed E-state index contributed by atoms with van der Waals surface area (Å²) in [6.45, 7) is 7.96. The highest BCUT2D eigenvalue weighted by molar-refractivity contribution is 8.06. The highest BCUT2D eigenvalue weighted by atomic mass is 32.2. The minimum atomic E-state index is 0.509. The van der Waals surface area contributed by atoms with Gasteiger partial charge in [-0.2, -0.15) is 23.5 Å². The number of nitrogens with one attached hydrogen (secondary N) is 1. The van der Waals surface area contributed by atoms with Crippen molar-refractivity contribution >= 4 is 23.5 Å². The van der Waals surface area contributed by atoms with Crippen LogP contribution in [-0.2, 0) is 6.42 Å². The van der Waals surface area contributed by atoms with Crippen molar-refractivity contribution in [2.75, 3.05) is 23.8 Å². The molecule has 1 N–H and O–H groups in total. The fourth-order valence-electron chi connectivity index (χ4n) is 2.85. The van der Waals surface area contributed by atoms with Crippen LogP contribution in [-0.4, -0.2) is 29.1 Å². The van der Waals surface area contributed by atoms with Crippen LogP contribution in [0.5, 0.6) is 0 Å². The van der Waals surface area contributed by atoms with Crippen molar-refractivity contribution in [3.05, 3.63) is 35.4 Å². The quantitative estimate of drug-likeness (QED) is 0.776. The number of hydrogen-bond acceptors (Lipinski definition) is 3. The van der Waals surface area contributed by atoms with Crippen molar-refractivity contribution in [1.29, 1.82) is 0 Å². The minimum Gasteiger partial charge on any atom is -0.309 e. The van der Waals surface area contributed by atoms with Gasteiger partial charge in [-0.05, 0) is 36.4 Å². The zero-order valence-electron chi connectivity index (χ0n) is 13.6. The summed E-state index contributed by atoms with van der Waals surface area (Å²) in [7, 11) is 0. The lowest BCUT2D eigenvalue weighted by atomic mass is 9.97. The van der Waals surface area contributed by atoms with E-state index in [9.17, 15) is 0 Å². The molecular weight excluding hydrogens is 294 g/mol. The van der Waals surface area contributed by atoms with Gasteiger partial charge >= 0.3 is 0 Å². The van der Waals surface area contributed by atoms with E-state index >= 15 is 0 Å². The van der Waals surface area contributed by atoms with E-state index in [2.05, 4.69) is 73.9 Å². The Morgan fingerprint density at radius 2 is 2.14 bits per heavy atom. The smallest absolute Gasteiger partial charge is 0.0448 e. The molecule has 0 amide bonds. The van der Waals surface area contributed by atoms with Gasteiger partial charge in [0.2, 0.25) is 0 Å². The minimum absolute atomic E-state index is 0.509. The van der Waals surface area contributed by atoms with Crippen LogP contribution in [0.4, 0.5) is 0 Å². The monoisotopic (exact) mass is 323 g/mol. The number of rotatable bonds is 7. The van der Waals surface area contributed by atoms with Crippen LogP contribution < -0.4 is 5.32 Å². The van der Waals surface area contributed by atoms with Crippen molar-refractivity contribution in [2.45, 2.75) is 44.9 Å². The third-order valence-electron chi connectivity index (χ3n) is 3.78. The molecule has 1 aromatic carbocycles. The van der Waals surface area contributed by atoms with Crippen molar-refractivity contribution in [1.82, 2.24) is 5.32 Å². The Hall–Kier alpha value is -0.120. The first-order chi connectivity index (χ1) is 10.2. The topological polar surface area (TPSA) is 12.0 Å². The molecular formula is C18H29NS2. The predicted octanol–water partition coefficient (Wildman–Crippen LogP) is 4.77. The average molecular weight is 324 g/mol. The van der Waals surface area contributed by atoms with Crippen molar-refractivity contribution in [3.8, 4) is 0 Å². The largest absolute Gasteiger partial charge is 0.309 e. The van der Waals surface area contributed by atoms with E-state index in [4.69, 9.17) is 0 Å². The van der Waals surface area contributed by atoms with Crippen molar-refractivity contribution in [3.63, 3.8) is 0 Å². The van der Waals surface area contributed by atoms with E-state index in [1.54, 1.807) is 0 Å². The second-order valence-electron chi connectivity index (χ2n) is 6.26. The maximum absolute atomic E-state index is 3.80. The van der Waals surface area contributed by atoms with Crippen LogP contribution in [0.3, 0.4) is 0 Å². The molecule has 2 atom stereocenters. The molecule has 1 fully saturated rings. The van der Waals surface area contributed by atoms with Crippen LogP contribution in [0.2, 0.25) is 0 Å². The van der Waals surface area contributed by atoms with E-state index in [1.807, 2.05) is 0 Å². The lowest BCUT2D eigenvalue weighted by molar-refractivity contribution is 0.529. The van der Waals surface area contributed by atoms with Crippen LogP contribution in [0, 0.1) is 5.92 Å². The summed E-state index contributed by atoms with van der Waals surface area (Å²) in [5.41, 5.74) is 2.97. The van der Waals surface area contributed by atoms with Crippen LogP contribution in [0.1, 0.15) is 44.4 Å². The average Bonchev–Trinajstić information content (AvgIpc) is 2.48. The molecule has 1 aliphatic rings. The molecule has 21 heavy (non-hydrogen) atoms. The molecule has 0 radical (unpaired) electrons. The first kappa shape index (κ1) is 17.2. The molecule has 0 spiro atoms. The molecule has 0 aromatic heterocycles.